The van der Waals surface area contributed by atoms with E-state index in [1.807, 2.05) is 19.1 Å². The summed E-state index contributed by atoms with van der Waals surface area (Å²) in [6.07, 6.45) is 3.83. The van der Waals surface area contributed by atoms with Crippen molar-refractivity contribution in [3.05, 3.63) is 70.2 Å². The molecule has 0 saturated carbocycles. The third-order valence-corrected chi connectivity index (χ3v) is 5.33. The van der Waals surface area contributed by atoms with Crippen molar-refractivity contribution in [2.75, 3.05) is 18.6 Å². The number of hydrogen-bond acceptors (Lipinski definition) is 5. The number of nitrogens with zero attached hydrogens (tertiary/aromatic N) is 1. The van der Waals surface area contributed by atoms with Crippen LogP contribution in [0.5, 0.6) is 11.5 Å². The number of halogens is 1. The fourth-order valence-corrected chi connectivity index (χ4v) is 3.45. The molecule has 4 amide bonds. The zero-order chi connectivity index (χ0) is 22.5. The number of anilines is 1. The number of carbonyl (C=O) groups excluding carboxylic acids is 3. The van der Waals surface area contributed by atoms with Gasteiger partial charge in [-0.1, -0.05) is 47.6 Å². The lowest BCUT2D eigenvalue weighted by molar-refractivity contribution is -0.122. The van der Waals surface area contributed by atoms with Crippen LogP contribution < -0.4 is 19.7 Å². The first-order valence-electron chi connectivity index (χ1n) is 9.51. The van der Waals surface area contributed by atoms with Gasteiger partial charge in [-0.25, -0.2) is 9.69 Å². The van der Waals surface area contributed by atoms with E-state index in [9.17, 15) is 14.4 Å². The third-order valence-electron chi connectivity index (χ3n) is 4.64. The van der Waals surface area contributed by atoms with Gasteiger partial charge in [0.05, 0.1) is 12.8 Å². The highest BCUT2D eigenvalue weighted by molar-refractivity contribution is 9.10. The van der Waals surface area contributed by atoms with E-state index < -0.39 is 17.8 Å². The lowest BCUT2D eigenvalue weighted by Gasteiger charge is -2.26. The smallest absolute Gasteiger partial charge is 0.335 e. The first kappa shape index (κ1) is 22.3. The molecule has 7 nitrogen and oxygen atoms in total. The van der Waals surface area contributed by atoms with Crippen LogP contribution in [0.3, 0.4) is 0 Å². The van der Waals surface area contributed by atoms with Crippen molar-refractivity contribution in [3.63, 3.8) is 0 Å². The molecule has 0 radical (unpaired) electrons. The van der Waals surface area contributed by atoms with E-state index in [1.165, 1.54) is 13.2 Å². The van der Waals surface area contributed by atoms with Gasteiger partial charge in [0.1, 0.15) is 12.2 Å². The largest absolute Gasteiger partial charge is 0.493 e. The Morgan fingerprint density at radius 3 is 2.45 bits per heavy atom. The summed E-state index contributed by atoms with van der Waals surface area (Å²) in [4.78, 5) is 38.8. The lowest BCUT2D eigenvalue weighted by Crippen LogP contribution is -2.54. The highest BCUT2D eigenvalue weighted by Crippen LogP contribution is 2.35. The lowest BCUT2D eigenvalue weighted by atomic mass is 10.1. The predicted octanol–water partition coefficient (Wildman–Crippen LogP) is 4.25. The number of carbonyl (C=O) groups is 3. The molecule has 1 aliphatic heterocycles. The highest BCUT2D eigenvalue weighted by Gasteiger charge is 2.37. The number of rotatable bonds is 7. The second kappa shape index (κ2) is 9.61. The molecule has 0 aromatic heterocycles. The molecule has 1 fully saturated rings. The minimum atomic E-state index is -0.791. The van der Waals surface area contributed by atoms with E-state index >= 15 is 0 Å². The number of benzene rings is 2. The fourth-order valence-electron chi connectivity index (χ4n) is 3.01. The Hall–Kier alpha value is -3.39. The zero-order valence-corrected chi connectivity index (χ0v) is 18.7. The van der Waals surface area contributed by atoms with E-state index in [-0.39, 0.29) is 12.2 Å². The van der Waals surface area contributed by atoms with Crippen LogP contribution in [0.1, 0.15) is 18.1 Å². The van der Waals surface area contributed by atoms with Crippen molar-refractivity contribution >= 4 is 45.5 Å². The molecule has 1 aliphatic rings. The number of ether oxygens (including phenoxy) is 2. The molecule has 0 unspecified atom stereocenters. The van der Waals surface area contributed by atoms with Crippen molar-refractivity contribution in [2.24, 2.45) is 0 Å². The monoisotopic (exact) mass is 484 g/mol. The van der Waals surface area contributed by atoms with Gasteiger partial charge >= 0.3 is 6.03 Å². The first-order chi connectivity index (χ1) is 14.9. The van der Waals surface area contributed by atoms with Crippen LogP contribution in [0, 0.1) is 0 Å². The quantitative estimate of drug-likeness (QED) is 0.360. The summed E-state index contributed by atoms with van der Waals surface area (Å²) in [6, 6.07) is 9.53. The predicted molar refractivity (Wildman–Crippen MR) is 121 cm³/mol. The normalized spacial score (nSPS) is 15.1. The van der Waals surface area contributed by atoms with E-state index in [4.69, 9.17) is 9.47 Å². The van der Waals surface area contributed by atoms with Gasteiger partial charge in [0, 0.05) is 4.47 Å². The number of imide groups is 2. The van der Waals surface area contributed by atoms with Gasteiger partial charge in [-0.05, 0) is 47.9 Å². The van der Waals surface area contributed by atoms with Gasteiger partial charge in [0.2, 0.25) is 0 Å². The minimum Gasteiger partial charge on any atom is -0.493 e. The molecule has 1 saturated heterocycles. The van der Waals surface area contributed by atoms with E-state index in [2.05, 4.69) is 27.8 Å². The van der Waals surface area contributed by atoms with Crippen LogP contribution >= 0.6 is 15.9 Å². The van der Waals surface area contributed by atoms with Crippen molar-refractivity contribution in [2.45, 2.75) is 13.3 Å². The maximum atomic E-state index is 13.1. The second-order valence-corrected chi connectivity index (χ2v) is 7.46. The van der Waals surface area contributed by atoms with Crippen molar-refractivity contribution in [1.82, 2.24) is 5.32 Å². The number of barbiturate groups is 1. The Balaban J connectivity index is 2.00. The average Bonchev–Trinajstić information content (AvgIpc) is 2.76. The van der Waals surface area contributed by atoms with Gasteiger partial charge in [-0.15, -0.1) is 0 Å². The Kier molecular flexibility index (Phi) is 6.91. The molecule has 160 valence electrons. The van der Waals surface area contributed by atoms with Crippen LogP contribution in [-0.4, -0.2) is 31.6 Å². The molecule has 2 aromatic carbocycles. The summed E-state index contributed by atoms with van der Waals surface area (Å²) in [7, 11) is 1.49. The van der Waals surface area contributed by atoms with Crippen LogP contribution in [0.2, 0.25) is 0 Å². The van der Waals surface area contributed by atoms with Gasteiger partial charge in [0.25, 0.3) is 11.8 Å². The van der Waals surface area contributed by atoms with Crippen LogP contribution in [0.15, 0.2) is 59.1 Å². The number of hydrogen-bond donors (Lipinski definition) is 1. The molecule has 1 heterocycles. The fraction of sp³-hybridized carbons (Fsp3) is 0.174. The topological polar surface area (TPSA) is 84.9 Å². The molecule has 3 rings (SSSR count). The van der Waals surface area contributed by atoms with Gasteiger partial charge in [0.15, 0.2) is 11.5 Å². The maximum absolute atomic E-state index is 13.1. The summed E-state index contributed by atoms with van der Waals surface area (Å²) < 4.78 is 11.5. The second-order valence-electron chi connectivity index (χ2n) is 6.60. The van der Waals surface area contributed by atoms with E-state index in [1.54, 1.807) is 30.3 Å². The molecule has 31 heavy (non-hydrogen) atoms. The number of amides is 4. The molecule has 1 N–H and O–H groups in total. The van der Waals surface area contributed by atoms with E-state index in [0.717, 1.165) is 16.9 Å². The number of nitrogens with one attached hydrogen (secondary N) is 1. The van der Waals surface area contributed by atoms with Crippen molar-refractivity contribution < 1.29 is 23.9 Å². The minimum absolute atomic E-state index is 0.179. The number of urea groups is 1. The Morgan fingerprint density at radius 1 is 1.13 bits per heavy atom. The van der Waals surface area contributed by atoms with Gasteiger partial charge < -0.3 is 9.47 Å². The van der Waals surface area contributed by atoms with Crippen molar-refractivity contribution in [1.29, 1.82) is 0 Å². The zero-order valence-electron chi connectivity index (χ0n) is 17.1. The van der Waals surface area contributed by atoms with Gasteiger partial charge in [-0.2, -0.15) is 0 Å². The molecular formula is C23H21BrN2O5. The Morgan fingerprint density at radius 2 is 1.84 bits per heavy atom. The van der Waals surface area contributed by atoms with Gasteiger partial charge in [-0.3, -0.25) is 14.9 Å². The summed E-state index contributed by atoms with van der Waals surface area (Å²) in [5.41, 5.74) is 1.77. The van der Waals surface area contributed by atoms with Crippen molar-refractivity contribution in [3.8, 4) is 11.5 Å². The van der Waals surface area contributed by atoms with Crippen LogP contribution in [0.4, 0.5) is 10.5 Å². The molecule has 0 spiro atoms. The number of aryl methyl sites for hydroxylation is 1. The standard InChI is InChI=1S/C23H21BrN2O5/c1-4-10-31-20-13-18(24)15(12-19(20)30-3)11-17-21(27)25-23(29)26(22(17)28)16-8-6-14(5-2)7-9-16/h4,6-9,11-13H,1,5,10H2,2-3H3,(H,25,27,29)/b17-11-. The molecule has 0 bridgehead atoms. The number of methoxy groups -OCH3 is 1. The summed E-state index contributed by atoms with van der Waals surface area (Å²) in [5, 5.41) is 2.22. The van der Waals surface area contributed by atoms with E-state index in [0.29, 0.717) is 27.2 Å². The first-order valence-corrected chi connectivity index (χ1v) is 10.3. The molecule has 8 heteroatoms. The molecular weight excluding hydrogens is 464 g/mol. The summed E-state index contributed by atoms with van der Waals surface area (Å²) in [5.74, 6) is -0.586. The Labute approximate surface area is 188 Å². The summed E-state index contributed by atoms with van der Waals surface area (Å²) in [6.45, 7) is 5.91. The van der Waals surface area contributed by atoms with Crippen LogP contribution in [0.25, 0.3) is 6.08 Å². The highest BCUT2D eigenvalue weighted by atomic mass is 79.9. The molecule has 0 aliphatic carbocycles. The third kappa shape index (κ3) is 4.69. The summed E-state index contributed by atoms with van der Waals surface area (Å²) >= 11 is 3.43. The maximum Gasteiger partial charge on any atom is 0.335 e. The average molecular weight is 485 g/mol. The molecule has 2 aromatic rings. The SMILES string of the molecule is C=CCOc1cc(Br)c(/C=C2/C(=O)NC(=O)N(c3ccc(CC)cc3)C2=O)cc1OC. The Bertz CT molecular complexity index is 1080. The molecule has 0 atom stereocenters. The van der Waals surface area contributed by atoms with Crippen LogP contribution in [-0.2, 0) is 16.0 Å².